The third-order valence-corrected chi connectivity index (χ3v) is 8.91. The highest BCUT2D eigenvalue weighted by Gasteiger charge is 2.64. The molecular formula is C42H39FO8. The van der Waals surface area contributed by atoms with E-state index in [0.29, 0.717) is 5.75 Å². The number of esters is 2. The number of halogens is 1. The number of alkyl halides is 1. The van der Waals surface area contributed by atoms with Crippen molar-refractivity contribution in [2.45, 2.75) is 42.8 Å². The van der Waals surface area contributed by atoms with Crippen LogP contribution < -0.4 is 4.74 Å². The summed E-state index contributed by atoms with van der Waals surface area (Å²) in [7, 11) is 2.88. The first-order valence-corrected chi connectivity index (χ1v) is 16.6. The Balaban J connectivity index is 1.49. The molecule has 0 radical (unpaired) electrons. The maximum Gasteiger partial charge on any atom is 0.338 e. The van der Waals surface area contributed by atoms with E-state index in [1.165, 1.54) is 7.11 Å². The molecule has 0 bridgehead atoms. The summed E-state index contributed by atoms with van der Waals surface area (Å²) in [6.07, 6.45) is -6.74. The molecule has 0 spiro atoms. The van der Waals surface area contributed by atoms with Gasteiger partial charge in [-0.15, -0.1) is 0 Å². The van der Waals surface area contributed by atoms with Crippen LogP contribution in [0.2, 0.25) is 0 Å². The van der Waals surface area contributed by atoms with E-state index in [0.717, 1.165) is 16.7 Å². The van der Waals surface area contributed by atoms with Gasteiger partial charge in [0.15, 0.2) is 24.2 Å². The molecule has 0 aromatic heterocycles. The topological polar surface area (TPSA) is 89.5 Å². The summed E-state index contributed by atoms with van der Waals surface area (Å²) in [5.74, 6) is -0.814. The Morgan fingerprint density at radius 1 is 0.706 bits per heavy atom. The van der Waals surface area contributed by atoms with Crippen molar-refractivity contribution in [2.24, 2.45) is 0 Å². The predicted octanol–water partition coefficient (Wildman–Crippen LogP) is 7.57. The minimum atomic E-state index is -1.98. The average Bonchev–Trinajstić information content (AvgIpc) is 3.47. The summed E-state index contributed by atoms with van der Waals surface area (Å²) in [4.78, 5) is 27.1. The molecular weight excluding hydrogens is 651 g/mol. The summed E-state index contributed by atoms with van der Waals surface area (Å²) in [6, 6.07) is 43.2. The molecule has 1 aliphatic rings. The molecule has 1 heterocycles. The van der Waals surface area contributed by atoms with E-state index in [1.807, 2.05) is 72.8 Å². The van der Waals surface area contributed by atoms with E-state index >= 15 is 4.39 Å². The molecule has 5 aromatic carbocycles. The van der Waals surface area contributed by atoms with E-state index in [4.69, 9.17) is 28.4 Å². The van der Waals surface area contributed by atoms with Crippen molar-refractivity contribution in [2.75, 3.05) is 20.8 Å². The van der Waals surface area contributed by atoms with Gasteiger partial charge in [0.25, 0.3) is 0 Å². The lowest BCUT2D eigenvalue weighted by Crippen LogP contribution is -2.59. The number of methoxy groups -OCH3 is 2. The van der Waals surface area contributed by atoms with Crippen molar-refractivity contribution in [3.63, 3.8) is 0 Å². The Hall–Kier alpha value is -5.35. The van der Waals surface area contributed by atoms with Crippen LogP contribution in [0.3, 0.4) is 0 Å². The standard InChI is InChI=1S/C42H39FO8/c1-46-34-25-23-29(24-26-34)27-35(49-37(30-15-7-3-8-16-30)31-17-9-4-10-18-31)42(28-48-39(44)32-19-11-5-12-20-32)38(36(43)41(47-2)51-42)50-40(45)33-21-13-6-14-22-33/h3-26,35-38,41H,27-28H2,1-2H3/t35?,36-,38-,41+,42-/m0/s1. The SMILES string of the molecule is COc1ccc(CC(OC(c2ccccc2)c2ccccc2)[C@]2(COC(=O)c3ccccc3)O[C@@H](OC)[C@@H](F)[C@@H]2OC(=O)c2ccccc2)cc1. The van der Waals surface area contributed by atoms with Gasteiger partial charge in [0.1, 0.15) is 18.5 Å². The van der Waals surface area contributed by atoms with Crippen LogP contribution in [0.25, 0.3) is 0 Å². The number of rotatable bonds is 14. The Morgan fingerprint density at radius 3 is 1.73 bits per heavy atom. The first-order chi connectivity index (χ1) is 24.9. The van der Waals surface area contributed by atoms with Crippen molar-refractivity contribution >= 4 is 11.9 Å². The van der Waals surface area contributed by atoms with Crippen LogP contribution in [0.15, 0.2) is 146 Å². The van der Waals surface area contributed by atoms with E-state index in [9.17, 15) is 9.59 Å². The largest absolute Gasteiger partial charge is 0.497 e. The zero-order chi connectivity index (χ0) is 35.6. The fraction of sp³-hybridized carbons (Fsp3) is 0.238. The second kappa shape index (κ2) is 16.6. The lowest BCUT2D eigenvalue weighted by Gasteiger charge is -2.41. The minimum absolute atomic E-state index is 0.131. The summed E-state index contributed by atoms with van der Waals surface area (Å²) >= 11 is 0. The molecule has 0 N–H and O–H groups in total. The highest BCUT2D eigenvalue weighted by Crippen LogP contribution is 2.44. The zero-order valence-electron chi connectivity index (χ0n) is 28.3. The fourth-order valence-electron chi connectivity index (χ4n) is 6.25. The van der Waals surface area contributed by atoms with Crippen LogP contribution in [0, 0.1) is 0 Å². The molecule has 1 aliphatic heterocycles. The normalized spacial score (nSPS) is 20.4. The van der Waals surface area contributed by atoms with Crippen molar-refractivity contribution in [1.82, 2.24) is 0 Å². The lowest BCUT2D eigenvalue weighted by molar-refractivity contribution is -0.232. The average molecular weight is 691 g/mol. The number of hydrogen-bond donors (Lipinski definition) is 0. The molecule has 9 heteroatoms. The monoisotopic (exact) mass is 690 g/mol. The van der Waals surface area contributed by atoms with Gasteiger partial charge in [-0.2, -0.15) is 0 Å². The first kappa shape index (κ1) is 35.5. The number of carbonyl (C=O) groups excluding carboxylic acids is 2. The van der Waals surface area contributed by atoms with Gasteiger partial charge in [0.05, 0.1) is 24.3 Å². The molecule has 0 aliphatic carbocycles. The van der Waals surface area contributed by atoms with Crippen LogP contribution in [0.5, 0.6) is 5.75 Å². The number of carbonyl (C=O) groups is 2. The molecule has 0 saturated carbocycles. The highest BCUT2D eigenvalue weighted by molar-refractivity contribution is 5.90. The Labute approximate surface area is 296 Å². The molecule has 1 saturated heterocycles. The van der Waals surface area contributed by atoms with E-state index in [-0.39, 0.29) is 17.5 Å². The maximum absolute atomic E-state index is 16.7. The fourth-order valence-corrected chi connectivity index (χ4v) is 6.25. The van der Waals surface area contributed by atoms with Gasteiger partial charge in [0.2, 0.25) is 0 Å². The summed E-state index contributed by atoms with van der Waals surface area (Å²) in [5, 5.41) is 0. The van der Waals surface area contributed by atoms with Gasteiger partial charge in [-0.1, -0.05) is 109 Å². The quantitative estimate of drug-likeness (QED) is 0.110. The second-order valence-electron chi connectivity index (χ2n) is 12.1. The summed E-state index contributed by atoms with van der Waals surface area (Å²) in [6.45, 7) is -0.537. The molecule has 1 fully saturated rings. The Bertz CT molecular complexity index is 1800. The van der Waals surface area contributed by atoms with Crippen molar-refractivity contribution in [3.8, 4) is 5.75 Å². The van der Waals surface area contributed by atoms with Crippen LogP contribution in [0.4, 0.5) is 4.39 Å². The summed E-state index contributed by atoms with van der Waals surface area (Å²) < 4.78 is 53.2. The number of benzene rings is 5. The van der Waals surface area contributed by atoms with Crippen LogP contribution in [-0.2, 0) is 30.1 Å². The maximum atomic E-state index is 16.7. The minimum Gasteiger partial charge on any atom is -0.497 e. The lowest BCUT2D eigenvalue weighted by atomic mass is 9.85. The smallest absolute Gasteiger partial charge is 0.338 e. The first-order valence-electron chi connectivity index (χ1n) is 16.6. The Kier molecular flexibility index (Phi) is 11.5. The van der Waals surface area contributed by atoms with Gasteiger partial charge < -0.3 is 28.4 Å². The Morgan fingerprint density at radius 2 is 1.22 bits per heavy atom. The van der Waals surface area contributed by atoms with Crippen LogP contribution in [-0.4, -0.2) is 63.0 Å². The highest BCUT2D eigenvalue weighted by atomic mass is 19.1. The van der Waals surface area contributed by atoms with Crippen molar-refractivity contribution in [3.05, 3.63) is 173 Å². The molecule has 5 aromatic rings. The number of ether oxygens (including phenoxy) is 6. The molecule has 51 heavy (non-hydrogen) atoms. The van der Waals surface area contributed by atoms with Crippen LogP contribution in [0.1, 0.15) is 43.5 Å². The van der Waals surface area contributed by atoms with Crippen LogP contribution >= 0.6 is 0 Å². The molecule has 0 amide bonds. The molecule has 5 atom stereocenters. The second-order valence-corrected chi connectivity index (χ2v) is 12.1. The number of hydrogen-bond acceptors (Lipinski definition) is 8. The zero-order valence-corrected chi connectivity index (χ0v) is 28.3. The van der Waals surface area contributed by atoms with Gasteiger partial charge in [-0.25, -0.2) is 14.0 Å². The molecule has 262 valence electrons. The van der Waals surface area contributed by atoms with Crippen molar-refractivity contribution < 1.29 is 42.4 Å². The van der Waals surface area contributed by atoms with Gasteiger partial charge in [-0.3, -0.25) is 0 Å². The third-order valence-electron chi connectivity index (χ3n) is 8.91. The third kappa shape index (κ3) is 8.18. The van der Waals surface area contributed by atoms with Gasteiger partial charge in [-0.05, 0) is 53.1 Å². The van der Waals surface area contributed by atoms with E-state index < -0.39 is 54.9 Å². The van der Waals surface area contributed by atoms with Crippen molar-refractivity contribution in [1.29, 1.82) is 0 Å². The van der Waals surface area contributed by atoms with Gasteiger partial charge >= 0.3 is 11.9 Å². The van der Waals surface area contributed by atoms with E-state index in [1.54, 1.807) is 79.9 Å². The molecule has 1 unspecified atom stereocenters. The van der Waals surface area contributed by atoms with E-state index in [2.05, 4.69) is 0 Å². The van der Waals surface area contributed by atoms with Gasteiger partial charge in [0, 0.05) is 13.5 Å². The predicted molar refractivity (Wildman–Crippen MR) is 188 cm³/mol. The molecule has 6 rings (SSSR count). The molecule has 8 nitrogen and oxygen atoms in total. The summed E-state index contributed by atoms with van der Waals surface area (Å²) in [5.41, 5.74) is 0.993.